The van der Waals surface area contributed by atoms with Crippen molar-refractivity contribution in [3.63, 3.8) is 0 Å². The molecule has 1 atom stereocenters. The molecule has 1 aliphatic heterocycles. The van der Waals surface area contributed by atoms with Crippen LogP contribution in [0, 0.1) is 0 Å². The molecule has 1 heterocycles. The van der Waals surface area contributed by atoms with Gasteiger partial charge in [-0.1, -0.05) is 39.0 Å². The van der Waals surface area contributed by atoms with Crippen LogP contribution in [0.4, 0.5) is 13.2 Å². The van der Waals surface area contributed by atoms with Crippen LogP contribution in [0.5, 0.6) is 0 Å². The normalized spacial score (nSPS) is 17.8. The molecule has 0 amide bonds. The van der Waals surface area contributed by atoms with Gasteiger partial charge < -0.3 is 5.32 Å². The first-order valence-corrected chi connectivity index (χ1v) is 9.27. The number of thioether (sulfide) groups is 1. The van der Waals surface area contributed by atoms with E-state index in [0.29, 0.717) is 0 Å². The summed E-state index contributed by atoms with van der Waals surface area (Å²) in [5.74, 6) is 0. The van der Waals surface area contributed by atoms with Crippen molar-refractivity contribution in [2.24, 2.45) is 0 Å². The van der Waals surface area contributed by atoms with Gasteiger partial charge in [-0.05, 0) is 18.1 Å². The Kier molecular flexibility index (Phi) is 8.58. The van der Waals surface area contributed by atoms with Gasteiger partial charge in [0.1, 0.15) is 0 Å². The summed E-state index contributed by atoms with van der Waals surface area (Å²) in [7, 11) is 0. The van der Waals surface area contributed by atoms with Crippen LogP contribution in [0.25, 0.3) is 0 Å². The van der Waals surface area contributed by atoms with Gasteiger partial charge in [0.2, 0.25) is 0 Å². The third-order valence-corrected chi connectivity index (χ3v) is 5.19. The van der Waals surface area contributed by atoms with Crippen LogP contribution in [-0.2, 0) is 0 Å². The molecule has 0 aromatic heterocycles. The van der Waals surface area contributed by atoms with Crippen LogP contribution in [0.2, 0.25) is 0 Å². The summed E-state index contributed by atoms with van der Waals surface area (Å²) in [4.78, 5) is 3.29. The largest absolute Gasteiger partial charge is 0.389 e. The maximum absolute atomic E-state index is 12.8. The summed E-state index contributed by atoms with van der Waals surface area (Å²) in [5.41, 5.74) is 1.03. The van der Waals surface area contributed by atoms with Crippen LogP contribution < -0.4 is 5.32 Å². The van der Waals surface area contributed by atoms with Crippen molar-refractivity contribution >= 4 is 24.2 Å². The van der Waals surface area contributed by atoms with Crippen molar-refractivity contribution in [3.8, 4) is 0 Å². The lowest BCUT2D eigenvalue weighted by molar-refractivity contribution is -0.138. The van der Waals surface area contributed by atoms with Crippen molar-refractivity contribution in [2.45, 2.75) is 55.5 Å². The molecule has 7 heteroatoms. The van der Waals surface area contributed by atoms with E-state index in [0.717, 1.165) is 36.6 Å². The zero-order valence-electron chi connectivity index (χ0n) is 15.0. The fourth-order valence-electron chi connectivity index (χ4n) is 3.01. The number of hydrogen-bond acceptors (Lipinski definition) is 3. The second kappa shape index (κ2) is 9.49. The molecule has 1 aromatic carbocycles. The molecule has 2 rings (SSSR count). The van der Waals surface area contributed by atoms with Gasteiger partial charge in [-0.2, -0.15) is 13.2 Å². The van der Waals surface area contributed by atoms with Crippen molar-refractivity contribution in [1.82, 2.24) is 10.2 Å². The highest BCUT2D eigenvalue weighted by Crippen LogP contribution is 2.40. The second-order valence-corrected chi connectivity index (χ2v) is 9.08. The first kappa shape index (κ1) is 22.6. The minimum Gasteiger partial charge on any atom is -0.314 e. The van der Waals surface area contributed by atoms with Crippen LogP contribution in [0.3, 0.4) is 0 Å². The number of nitrogens with one attached hydrogen (secondary N) is 1. The number of halogens is 4. The Labute approximate surface area is 159 Å². The molecule has 0 spiro atoms. The lowest BCUT2D eigenvalue weighted by Crippen LogP contribution is -2.45. The van der Waals surface area contributed by atoms with E-state index in [1.807, 2.05) is 24.3 Å². The van der Waals surface area contributed by atoms with E-state index >= 15 is 0 Å². The first-order chi connectivity index (χ1) is 11.2. The Morgan fingerprint density at radius 3 is 2.28 bits per heavy atom. The molecule has 1 aliphatic rings. The molecular weight excluding hydrogens is 369 g/mol. The lowest BCUT2D eigenvalue weighted by atomic mass is 9.99. The van der Waals surface area contributed by atoms with Gasteiger partial charge in [-0.3, -0.25) is 4.90 Å². The molecule has 144 valence electrons. The van der Waals surface area contributed by atoms with Gasteiger partial charge in [0.25, 0.3) is 0 Å². The Morgan fingerprint density at radius 2 is 1.72 bits per heavy atom. The number of nitrogens with zero attached hydrogens (tertiary/aromatic N) is 1. The SMILES string of the molecule is CC(C)(C)Sc1ccccc1[C@H](CCC(F)(F)F)N1CCNCC1.Cl. The standard InChI is InChI=1S/C18H27F3N2S.ClH/c1-17(2,3)24-16-7-5-4-6-14(16)15(8-9-18(19,20)21)23-12-10-22-11-13-23;/h4-7,15,22H,8-13H2,1-3H3;1H/t15-;/m0./s1. The highest BCUT2D eigenvalue weighted by molar-refractivity contribution is 8.00. The minimum atomic E-state index is -4.11. The molecule has 1 aromatic rings. The summed E-state index contributed by atoms with van der Waals surface area (Å²) in [5, 5.41) is 3.28. The third kappa shape index (κ3) is 7.77. The monoisotopic (exact) mass is 396 g/mol. The van der Waals surface area contributed by atoms with Gasteiger partial charge in [0.05, 0.1) is 0 Å². The lowest BCUT2D eigenvalue weighted by Gasteiger charge is -2.36. The molecule has 25 heavy (non-hydrogen) atoms. The van der Waals surface area contributed by atoms with E-state index in [1.54, 1.807) is 11.8 Å². The topological polar surface area (TPSA) is 15.3 Å². The highest BCUT2D eigenvalue weighted by atomic mass is 35.5. The molecular formula is C18H28ClF3N2S. The molecule has 1 fully saturated rings. The summed E-state index contributed by atoms with van der Waals surface area (Å²) in [6.07, 6.45) is -4.74. The van der Waals surface area contributed by atoms with Crippen molar-refractivity contribution in [2.75, 3.05) is 26.2 Å². The number of benzene rings is 1. The number of piperazine rings is 1. The van der Waals surface area contributed by atoms with Gasteiger partial charge in [0.15, 0.2) is 0 Å². The molecule has 0 saturated carbocycles. The average Bonchev–Trinajstić information content (AvgIpc) is 2.47. The number of alkyl halides is 3. The maximum Gasteiger partial charge on any atom is 0.389 e. The zero-order chi connectivity index (χ0) is 17.8. The summed E-state index contributed by atoms with van der Waals surface area (Å²) < 4.78 is 38.5. The summed E-state index contributed by atoms with van der Waals surface area (Å²) in [6.45, 7) is 9.63. The average molecular weight is 397 g/mol. The van der Waals surface area contributed by atoms with Gasteiger partial charge in [0, 0.05) is 48.3 Å². The van der Waals surface area contributed by atoms with Crippen LogP contribution >= 0.6 is 24.2 Å². The Bertz CT molecular complexity index is 526. The number of hydrogen-bond donors (Lipinski definition) is 1. The van der Waals surface area contributed by atoms with Crippen LogP contribution in [-0.4, -0.2) is 42.0 Å². The highest BCUT2D eigenvalue weighted by Gasteiger charge is 2.32. The Balaban J connectivity index is 0.00000312. The molecule has 0 radical (unpaired) electrons. The molecule has 1 N–H and O–H groups in total. The molecule has 0 bridgehead atoms. The van der Waals surface area contributed by atoms with Gasteiger partial charge in [-0.15, -0.1) is 24.2 Å². The van der Waals surface area contributed by atoms with E-state index in [2.05, 4.69) is 31.0 Å². The molecule has 0 aliphatic carbocycles. The third-order valence-electron chi connectivity index (χ3n) is 3.99. The van der Waals surface area contributed by atoms with Crippen LogP contribution in [0.15, 0.2) is 29.2 Å². The fourth-order valence-corrected chi connectivity index (χ4v) is 4.14. The maximum atomic E-state index is 12.8. The van der Waals surface area contributed by atoms with Crippen molar-refractivity contribution in [3.05, 3.63) is 29.8 Å². The Morgan fingerprint density at radius 1 is 1.12 bits per heavy atom. The van der Waals surface area contributed by atoms with E-state index in [-0.39, 0.29) is 29.6 Å². The molecule has 2 nitrogen and oxygen atoms in total. The smallest absolute Gasteiger partial charge is 0.314 e. The zero-order valence-corrected chi connectivity index (χ0v) is 16.7. The Hall–Kier alpha value is -0.430. The van der Waals surface area contributed by atoms with E-state index in [1.165, 1.54) is 0 Å². The van der Waals surface area contributed by atoms with E-state index in [4.69, 9.17) is 0 Å². The quantitative estimate of drug-likeness (QED) is 0.681. The van der Waals surface area contributed by atoms with Crippen LogP contribution in [0.1, 0.15) is 45.2 Å². The van der Waals surface area contributed by atoms with Gasteiger partial charge in [-0.25, -0.2) is 0 Å². The second-order valence-electron chi connectivity index (χ2n) is 7.21. The predicted molar refractivity (Wildman–Crippen MR) is 102 cm³/mol. The van der Waals surface area contributed by atoms with Gasteiger partial charge >= 0.3 is 6.18 Å². The predicted octanol–water partition coefficient (Wildman–Crippen LogP) is 5.29. The van der Waals surface area contributed by atoms with E-state index in [9.17, 15) is 13.2 Å². The van der Waals surface area contributed by atoms with E-state index < -0.39 is 12.6 Å². The van der Waals surface area contributed by atoms with Crippen molar-refractivity contribution < 1.29 is 13.2 Å². The molecule has 1 saturated heterocycles. The molecule has 0 unspecified atom stereocenters. The summed E-state index contributed by atoms with van der Waals surface area (Å²) in [6, 6.07) is 7.76. The first-order valence-electron chi connectivity index (χ1n) is 8.45. The van der Waals surface area contributed by atoms with Crippen molar-refractivity contribution in [1.29, 1.82) is 0 Å². The fraction of sp³-hybridized carbons (Fsp3) is 0.667. The minimum absolute atomic E-state index is 0. The number of rotatable bonds is 5. The summed E-state index contributed by atoms with van der Waals surface area (Å²) >= 11 is 1.73.